The quantitative estimate of drug-likeness (QED) is 0.278. The van der Waals surface area contributed by atoms with Gasteiger partial charge in [-0.1, -0.05) is 12.8 Å². The number of nitrogens with one attached hydrogen (secondary N) is 2. The molecular formula is C22H44IN5O. The lowest BCUT2D eigenvalue weighted by atomic mass is 9.97. The van der Waals surface area contributed by atoms with Crippen molar-refractivity contribution in [3.8, 4) is 0 Å². The fraction of sp³-hybridized carbons (Fsp3) is 0.955. The predicted octanol–water partition coefficient (Wildman–Crippen LogP) is 2.78. The van der Waals surface area contributed by atoms with Crippen molar-refractivity contribution in [2.24, 2.45) is 16.8 Å². The normalized spacial score (nSPS) is 25.3. The maximum absolute atomic E-state index is 5.20. The molecule has 1 saturated carbocycles. The van der Waals surface area contributed by atoms with Crippen LogP contribution in [0.5, 0.6) is 0 Å². The van der Waals surface area contributed by atoms with Crippen LogP contribution in [-0.2, 0) is 4.74 Å². The molecule has 1 atom stereocenters. The number of ether oxygens (including phenoxy) is 1. The highest BCUT2D eigenvalue weighted by Gasteiger charge is 2.26. The lowest BCUT2D eigenvalue weighted by molar-refractivity contribution is 0.121. The minimum absolute atomic E-state index is 0. The minimum Gasteiger partial charge on any atom is -0.383 e. The van der Waals surface area contributed by atoms with E-state index in [2.05, 4.69) is 27.4 Å². The molecule has 3 rings (SSSR count). The maximum atomic E-state index is 5.20. The van der Waals surface area contributed by atoms with Gasteiger partial charge in [0.15, 0.2) is 5.96 Å². The second-order valence-electron chi connectivity index (χ2n) is 9.04. The van der Waals surface area contributed by atoms with Crippen LogP contribution in [0.15, 0.2) is 4.99 Å². The van der Waals surface area contributed by atoms with E-state index in [9.17, 15) is 0 Å². The van der Waals surface area contributed by atoms with Gasteiger partial charge in [-0.05, 0) is 64.0 Å². The van der Waals surface area contributed by atoms with Gasteiger partial charge in [0.2, 0.25) is 0 Å². The zero-order valence-electron chi connectivity index (χ0n) is 18.7. The van der Waals surface area contributed by atoms with E-state index in [1.165, 1.54) is 77.7 Å². The molecule has 1 unspecified atom stereocenters. The monoisotopic (exact) mass is 521 g/mol. The molecule has 2 heterocycles. The van der Waals surface area contributed by atoms with E-state index in [0.717, 1.165) is 44.0 Å². The topological polar surface area (TPSA) is 52.1 Å². The SMILES string of the molecule is CCNC(=NCC1CCN(CCOC)CC1)NC1CCN(CC2CCCC2)C1.I. The summed E-state index contributed by atoms with van der Waals surface area (Å²) in [6.45, 7) is 12.1. The number of guanidine groups is 1. The lowest BCUT2D eigenvalue weighted by Crippen LogP contribution is -2.45. The number of hydrogen-bond acceptors (Lipinski definition) is 4. The van der Waals surface area contributed by atoms with E-state index in [0.29, 0.717) is 6.04 Å². The van der Waals surface area contributed by atoms with E-state index in [4.69, 9.17) is 9.73 Å². The van der Waals surface area contributed by atoms with E-state index >= 15 is 0 Å². The fourth-order valence-corrected chi connectivity index (χ4v) is 5.02. The molecule has 0 aromatic heterocycles. The largest absolute Gasteiger partial charge is 0.383 e. The van der Waals surface area contributed by atoms with Crippen molar-refractivity contribution in [3.05, 3.63) is 0 Å². The van der Waals surface area contributed by atoms with Crippen LogP contribution in [0, 0.1) is 11.8 Å². The second kappa shape index (κ2) is 14.0. The van der Waals surface area contributed by atoms with Crippen molar-refractivity contribution in [1.29, 1.82) is 0 Å². The number of piperidine rings is 1. The molecule has 1 aliphatic carbocycles. The summed E-state index contributed by atoms with van der Waals surface area (Å²) in [5.41, 5.74) is 0. The molecule has 3 aliphatic rings. The molecule has 2 saturated heterocycles. The van der Waals surface area contributed by atoms with Crippen molar-refractivity contribution in [2.75, 3.05) is 66.1 Å². The summed E-state index contributed by atoms with van der Waals surface area (Å²) in [7, 11) is 1.79. The Hall–Kier alpha value is -0.120. The number of methoxy groups -OCH3 is 1. The molecule has 3 fully saturated rings. The zero-order valence-corrected chi connectivity index (χ0v) is 21.0. The molecule has 0 aromatic rings. The van der Waals surface area contributed by atoms with Crippen LogP contribution in [0.1, 0.15) is 51.9 Å². The Bertz CT molecular complexity index is 464. The summed E-state index contributed by atoms with van der Waals surface area (Å²) in [4.78, 5) is 10.1. The smallest absolute Gasteiger partial charge is 0.191 e. The van der Waals surface area contributed by atoms with Gasteiger partial charge in [-0.15, -0.1) is 24.0 Å². The molecule has 2 N–H and O–H groups in total. The molecule has 170 valence electrons. The second-order valence-corrected chi connectivity index (χ2v) is 9.04. The van der Waals surface area contributed by atoms with Crippen LogP contribution >= 0.6 is 24.0 Å². The van der Waals surface area contributed by atoms with Crippen molar-refractivity contribution in [3.63, 3.8) is 0 Å². The summed E-state index contributed by atoms with van der Waals surface area (Å²) >= 11 is 0. The van der Waals surface area contributed by atoms with Crippen molar-refractivity contribution in [1.82, 2.24) is 20.4 Å². The molecule has 29 heavy (non-hydrogen) atoms. The third kappa shape index (κ3) is 8.87. The highest BCUT2D eigenvalue weighted by atomic mass is 127. The van der Waals surface area contributed by atoms with Gasteiger partial charge in [-0.2, -0.15) is 0 Å². The van der Waals surface area contributed by atoms with Gasteiger partial charge >= 0.3 is 0 Å². The van der Waals surface area contributed by atoms with Gasteiger partial charge in [0, 0.05) is 52.4 Å². The molecule has 0 aromatic carbocycles. The molecule has 7 heteroatoms. The van der Waals surface area contributed by atoms with Crippen molar-refractivity contribution < 1.29 is 4.74 Å². The molecular weight excluding hydrogens is 477 g/mol. The Morgan fingerprint density at radius 3 is 2.41 bits per heavy atom. The van der Waals surface area contributed by atoms with Crippen LogP contribution < -0.4 is 10.6 Å². The molecule has 0 amide bonds. The summed E-state index contributed by atoms with van der Waals surface area (Å²) < 4.78 is 5.20. The third-order valence-electron chi connectivity index (χ3n) is 6.77. The molecule has 2 aliphatic heterocycles. The summed E-state index contributed by atoms with van der Waals surface area (Å²) in [6.07, 6.45) is 9.54. The summed E-state index contributed by atoms with van der Waals surface area (Å²) in [5, 5.41) is 7.19. The number of rotatable bonds is 9. The predicted molar refractivity (Wildman–Crippen MR) is 132 cm³/mol. The summed E-state index contributed by atoms with van der Waals surface area (Å²) in [5.74, 6) is 2.70. The number of hydrogen-bond donors (Lipinski definition) is 2. The third-order valence-corrected chi connectivity index (χ3v) is 6.77. The molecule has 0 bridgehead atoms. The Morgan fingerprint density at radius 1 is 1.00 bits per heavy atom. The van der Waals surface area contributed by atoms with Crippen LogP contribution in [0.2, 0.25) is 0 Å². The maximum Gasteiger partial charge on any atom is 0.191 e. The molecule has 0 radical (unpaired) electrons. The first-order valence-corrected chi connectivity index (χ1v) is 11.7. The number of nitrogens with zero attached hydrogens (tertiary/aromatic N) is 3. The van der Waals surface area contributed by atoms with Crippen LogP contribution in [0.3, 0.4) is 0 Å². The van der Waals surface area contributed by atoms with Gasteiger partial charge in [-0.3, -0.25) is 4.99 Å². The first-order valence-electron chi connectivity index (χ1n) is 11.7. The number of halogens is 1. The first-order chi connectivity index (χ1) is 13.8. The van der Waals surface area contributed by atoms with Crippen LogP contribution in [0.25, 0.3) is 0 Å². The average molecular weight is 522 g/mol. The Labute approximate surface area is 195 Å². The van der Waals surface area contributed by atoms with E-state index < -0.39 is 0 Å². The highest BCUT2D eigenvalue weighted by Crippen LogP contribution is 2.26. The highest BCUT2D eigenvalue weighted by molar-refractivity contribution is 14.0. The van der Waals surface area contributed by atoms with Crippen molar-refractivity contribution in [2.45, 2.75) is 57.9 Å². The van der Waals surface area contributed by atoms with Gasteiger partial charge in [0.25, 0.3) is 0 Å². The van der Waals surface area contributed by atoms with Gasteiger partial charge < -0.3 is 25.2 Å². The zero-order chi connectivity index (χ0) is 19.6. The fourth-order valence-electron chi connectivity index (χ4n) is 5.02. The van der Waals surface area contributed by atoms with Gasteiger partial charge in [0.1, 0.15) is 0 Å². The minimum atomic E-state index is 0. The van der Waals surface area contributed by atoms with Crippen LogP contribution in [-0.4, -0.2) is 87.9 Å². The van der Waals surface area contributed by atoms with E-state index in [1.807, 2.05) is 0 Å². The number of likely N-dealkylation sites (tertiary alicyclic amines) is 2. The van der Waals surface area contributed by atoms with Crippen molar-refractivity contribution >= 4 is 29.9 Å². The molecule has 0 spiro atoms. The van der Waals surface area contributed by atoms with Gasteiger partial charge in [0.05, 0.1) is 6.61 Å². The standard InChI is InChI=1S/C22H43N5O.HI/c1-3-23-22(24-16-19-8-11-26(12-9-19)14-15-28-2)25-21-10-13-27(18-21)17-20-6-4-5-7-20;/h19-21H,3-18H2,1-2H3,(H2,23,24,25);1H. The Kier molecular flexibility index (Phi) is 12.2. The van der Waals surface area contributed by atoms with Gasteiger partial charge in [-0.25, -0.2) is 0 Å². The Balaban J connectivity index is 0.00000300. The average Bonchev–Trinajstić information content (AvgIpc) is 3.38. The van der Waals surface area contributed by atoms with E-state index in [-0.39, 0.29) is 24.0 Å². The Morgan fingerprint density at radius 2 is 1.72 bits per heavy atom. The molecule has 6 nitrogen and oxygen atoms in total. The first kappa shape index (κ1) is 25.1. The van der Waals surface area contributed by atoms with E-state index in [1.54, 1.807) is 7.11 Å². The number of aliphatic imine (C=N–C) groups is 1. The lowest BCUT2D eigenvalue weighted by Gasteiger charge is -2.31. The van der Waals surface area contributed by atoms with Crippen LogP contribution in [0.4, 0.5) is 0 Å². The summed E-state index contributed by atoms with van der Waals surface area (Å²) in [6, 6.07) is 0.551.